The van der Waals surface area contributed by atoms with Gasteiger partial charge in [-0.3, -0.25) is 0 Å². The number of allylic oxidation sites excluding steroid dienone is 1. The van der Waals surface area contributed by atoms with E-state index in [1.54, 1.807) is 7.05 Å². The summed E-state index contributed by atoms with van der Waals surface area (Å²) in [6, 6.07) is 0. The third-order valence-electron chi connectivity index (χ3n) is 1.24. The van der Waals surface area contributed by atoms with E-state index in [0.717, 1.165) is 0 Å². The Morgan fingerprint density at radius 3 is 1.73 bits per heavy atom. The van der Waals surface area contributed by atoms with Gasteiger partial charge in [0.1, 0.15) is 0 Å². The zero-order chi connectivity index (χ0) is 8.57. The third-order valence-corrected chi connectivity index (χ3v) is 1.24. The maximum Gasteiger partial charge on any atom is 0 e. The molecule has 0 amide bonds. The van der Waals surface area contributed by atoms with Crippen molar-refractivity contribution in [3.05, 3.63) is 17.1 Å². The molecular formula is C9H20NV-. The minimum Gasteiger partial charge on any atom is -0.693 e. The molecule has 1 radical (unpaired) electrons. The smallest absolute Gasteiger partial charge is 0 e. The molecule has 1 nitrogen and oxygen atoms in total. The van der Waals surface area contributed by atoms with E-state index in [4.69, 9.17) is 0 Å². The van der Waals surface area contributed by atoms with Gasteiger partial charge in [-0.15, -0.1) is 7.05 Å². The van der Waals surface area contributed by atoms with Crippen molar-refractivity contribution in [2.45, 2.75) is 34.6 Å². The fourth-order valence-electron chi connectivity index (χ4n) is 0.353. The van der Waals surface area contributed by atoms with Crippen LogP contribution in [0.4, 0.5) is 0 Å². The van der Waals surface area contributed by atoms with Gasteiger partial charge in [0.25, 0.3) is 0 Å². The number of nitrogens with zero attached hydrogens (tertiary/aromatic N) is 1. The number of hydrogen-bond acceptors (Lipinski definition) is 0. The Kier molecular flexibility index (Phi) is 20.1. The number of rotatable bonds is 2. The van der Waals surface area contributed by atoms with Crippen LogP contribution in [-0.4, -0.2) is 7.05 Å². The Morgan fingerprint density at radius 2 is 1.64 bits per heavy atom. The van der Waals surface area contributed by atoms with Gasteiger partial charge in [-0.1, -0.05) is 33.3 Å². The average Bonchev–Trinajstić information content (AvgIpc) is 1.93. The predicted octanol–water partition coefficient (Wildman–Crippen LogP) is 3.57. The molecule has 0 fully saturated rings. The van der Waals surface area contributed by atoms with Gasteiger partial charge in [0.15, 0.2) is 0 Å². The van der Waals surface area contributed by atoms with Crippen LogP contribution in [0.15, 0.2) is 11.8 Å². The summed E-state index contributed by atoms with van der Waals surface area (Å²) < 4.78 is 0. The van der Waals surface area contributed by atoms with Gasteiger partial charge >= 0.3 is 0 Å². The molecule has 0 saturated carbocycles. The molecule has 2 heteroatoms. The van der Waals surface area contributed by atoms with Crippen LogP contribution in [0.5, 0.6) is 0 Å². The Bertz CT molecular complexity index is 87.6. The van der Waals surface area contributed by atoms with Crippen LogP contribution in [0.1, 0.15) is 34.6 Å². The van der Waals surface area contributed by atoms with Crippen molar-refractivity contribution in [1.82, 2.24) is 0 Å². The van der Waals surface area contributed by atoms with E-state index >= 15 is 0 Å². The topological polar surface area (TPSA) is 14.1 Å². The Hall–Kier alpha value is 0.124. The monoisotopic (exact) mass is 193 g/mol. The molecular weight excluding hydrogens is 173 g/mol. The van der Waals surface area contributed by atoms with Gasteiger partial charge in [0, 0.05) is 18.6 Å². The van der Waals surface area contributed by atoms with E-state index < -0.39 is 0 Å². The summed E-state index contributed by atoms with van der Waals surface area (Å²) in [5, 5.41) is 3.89. The fraction of sp³-hybridized carbons (Fsp3) is 0.778. The minimum absolute atomic E-state index is 0. The Balaban J connectivity index is -0.000000196. The van der Waals surface area contributed by atoms with Crippen molar-refractivity contribution in [2.24, 2.45) is 5.92 Å². The standard InChI is InChI=1S/C7H14N.C2H6.V/c1-6(2)7(3)5-8-4;1-2;/h5-6H,1-4H3;1-2H3;/q-1;;/b7-5-;;. The van der Waals surface area contributed by atoms with E-state index in [2.05, 4.69) is 26.1 Å². The fourth-order valence-corrected chi connectivity index (χ4v) is 0.353. The zero-order valence-electron chi connectivity index (χ0n) is 8.55. The van der Waals surface area contributed by atoms with E-state index in [-0.39, 0.29) is 18.6 Å². The van der Waals surface area contributed by atoms with Gasteiger partial charge in [-0.05, 0) is 12.8 Å². The normalized spacial score (nSPS) is 9.55. The zero-order valence-corrected chi connectivity index (χ0v) is 9.95. The van der Waals surface area contributed by atoms with Crippen LogP contribution >= 0.6 is 0 Å². The molecule has 0 saturated heterocycles. The van der Waals surface area contributed by atoms with Crippen molar-refractivity contribution in [1.29, 1.82) is 0 Å². The van der Waals surface area contributed by atoms with E-state index in [1.807, 2.05) is 20.0 Å². The van der Waals surface area contributed by atoms with Crippen molar-refractivity contribution < 1.29 is 18.6 Å². The molecule has 0 heterocycles. The molecule has 0 aromatic carbocycles. The van der Waals surface area contributed by atoms with Crippen LogP contribution in [-0.2, 0) is 18.6 Å². The van der Waals surface area contributed by atoms with Crippen LogP contribution in [0.3, 0.4) is 0 Å². The summed E-state index contributed by atoms with van der Waals surface area (Å²) >= 11 is 0. The second kappa shape index (κ2) is 12.8. The summed E-state index contributed by atoms with van der Waals surface area (Å²) in [6.07, 6.45) is 1.91. The average molecular weight is 193 g/mol. The van der Waals surface area contributed by atoms with Crippen LogP contribution in [0.2, 0.25) is 0 Å². The van der Waals surface area contributed by atoms with Crippen LogP contribution in [0, 0.1) is 5.92 Å². The first-order valence-electron chi connectivity index (χ1n) is 3.94. The van der Waals surface area contributed by atoms with Crippen LogP contribution < -0.4 is 0 Å². The third kappa shape index (κ3) is 13.2. The molecule has 11 heavy (non-hydrogen) atoms. The molecule has 0 aliphatic rings. The SMILES string of the molecule is CC.C[N-]/C=C(/C)C(C)C.[V]. The first-order chi connectivity index (χ1) is 4.68. The molecule has 0 aliphatic carbocycles. The van der Waals surface area contributed by atoms with Gasteiger partial charge in [-0.2, -0.15) is 6.20 Å². The summed E-state index contributed by atoms with van der Waals surface area (Å²) in [5.74, 6) is 0.638. The van der Waals surface area contributed by atoms with Gasteiger partial charge in [0.05, 0.1) is 0 Å². The van der Waals surface area contributed by atoms with E-state index in [1.165, 1.54) is 5.57 Å². The molecule has 0 atom stereocenters. The summed E-state index contributed by atoms with van der Waals surface area (Å²) in [6.45, 7) is 10.4. The first kappa shape index (κ1) is 17.3. The second-order valence-electron chi connectivity index (χ2n) is 2.29. The second-order valence-corrected chi connectivity index (χ2v) is 2.29. The maximum atomic E-state index is 3.89. The predicted molar refractivity (Wildman–Crippen MR) is 49.2 cm³/mol. The quantitative estimate of drug-likeness (QED) is 0.636. The van der Waals surface area contributed by atoms with Crippen molar-refractivity contribution in [3.63, 3.8) is 0 Å². The number of hydrogen-bond donors (Lipinski definition) is 0. The summed E-state index contributed by atoms with van der Waals surface area (Å²) in [7, 11) is 1.80. The molecule has 0 bridgehead atoms. The van der Waals surface area contributed by atoms with Crippen molar-refractivity contribution in [2.75, 3.05) is 7.05 Å². The molecule has 0 N–H and O–H groups in total. The summed E-state index contributed by atoms with van der Waals surface area (Å²) in [4.78, 5) is 0. The molecule has 67 valence electrons. The molecule has 0 aliphatic heterocycles. The maximum absolute atomic E-state index is 3.89. The molecule has 0 rings (SSSR count). The van der Waals surface area contributed by atoms with Crippen molar-refractivity contribution in [3.8, 4) is 0 Å². The first-order valence-corrected chi connectivity index (χ1v) is 3.94. The molecule has 0 aromatic heterocycles. The minimum atomic E-state index is 0. The van der Waals surface area contributed by atoms with Gasteiger partial charge < -0.3 is 5.32 Å². The molecule has 0 unspecified atom stereocenters. The van der Waals surface area contributed by atoms with E-state index in [0.29, 0.717) is 5.92 Å². The Morgan fingerprint density at radius 1 is 1.27 bits per heavy atom. The Labute approximate surface area is 83.5 Å². The largest absolute Gasteiger partial charge is 0.693 e. The van der Waals surface area contributed by atoms with Crippen LogP contribution in [0.25, 0.3) is 5.32 Å². The summed E-state index contributed by atoms with van der Waals surface area (Å²) in [5.41, 5.74) is 1.34. The van der Waals surface area contributed by atoms with E-state index in [9.17, 15) is 0 Å². The molecule has 0 spiro atoms. The van der Waals surface area contributed by atoms with Gasteiger partial charge in [-0.25, -0.2) is 0 Å². The van der Waals surface area contributed by atoms with Gasteiger partial charge in [0.2, 0.25) is 0 Å². The molecule has 0 aromatic rings. The van der Waals surface area contributed by atoms with Crippen molar-refractivity contribution >= 4 is 0 Å².